The van der Waals surface area contributed by atoms with Gasteiger partial charge < -0.3 is 23.5 Å². The molecule has 0 N–H and O–H groups in total. The fourth-order valence-corrected chi connectivity index (χ4v) is 5.50. The standard InChI is InChI=1S/C18H14ClF2NO3.C14H17BO4/c1-10-2-4-12(22-16(10)19)9-15(23)17(6-7-17)11-3-5-13-14(8-11)25-18(20,21)24-13;1-13(2)14(3,4)19-15(18-13)10-6-5-9-8-17-12(16)11(9)7-10/h2-5,8H,6-7,9H2,1H3;5-7H,8H2,1-4H3. The van der Waals surface area contributed by atoms with Crippen molar-refractivity contribution in [2.24, 2.45) is 0 Å². The Labute approximate surface area is 259 Å². The predicted octanol–water partition coefficient (Wildman–Crippen LogP) is 5.86. The molecule has 4 aliphatic rings. The lowest BCUT2D eigenvalue weighted by atomic mass is 9.78. The molecule has 2 aromatic carbocycles. The minimum absolute atomic E-state index is 0.00875. The van der Waals surface area contributed by atoms with Crippen LogP contribution in [0.1, 0.15) is 73.3 Å². The van der Waals surface area contributed by atoms with Crippen LogP contribution in [0.3, 0.4) is 0 Å². The van der Waals surface area contributed by atoms with Crippen LogP contribution in [0, 0.1) is 6.92 Å². The number of ether oxygens (including phenoxy) is 3. The van der Waals surface area contributed by atoms with Crippen LogP contribution in [0.2, 0.25) is 5.15 Å². The molecule has 0 spiro atoms. The highest BCUT2D eigenvalue weighted by atomic mass is 35.5. The third-order valence-electron chi connectivity index (χ3n) is 8.91. The summed E-state index contributed by atoms with van der Waals surface area (Å²) >= 11 is 6.01. The number of Topliss-reactive ketones (excluding diaryl/α,β-unsaturated/α-hetero) is 1. The molecule has 0 atom stereocenters. The van der Waals surface area contributed by atoms with Gasteiger partial charge in [-0.25, -0.2) is 9.78 Å². The Kier molecular flexibility index (Phi) is 7.30. The molecular weight excluding hydrogens is 595 g/mol. The molecule has 2 fully saturated rings. The first-order chi connectivity index (χ1) is 20.6. The quantitative estimate of drug-likeness (QED) is 0.198. The maximum atomic E-state index is 13.2. The van der Waals surface area contributed by atoms with Gasteiger partial charge in [-0.05, 0) is 88.3 Å². The molecule has 1 saturated carbocycles. The molecule has 7 rings (SSSR count). The van der Waals surface area contributed by atoms with Gasteiger partial charge in [-0.1, -0.05) is 35.9 Å². The van der Waals surface area contributed by atoms with E-state index in [2.05, 4.69) is 14.5 Å². The van der Waals surface area contributed by atoms with Gasteiger partial charge in [0.1, 0.15) is 17.5 Å². The van der Waals surface area contributed by atoms with Crippen molar-refractivity contribution in [3.63, 3.8) is 0 Å². The molecule has 3 aliphatic heterocycles. The fourth-order valence-electron chi connectivity index (χ4n) is 5.33. The molecule has 0 bridgehead atoms. The Hall–Kier alpha value is -3.54. The van der Waals surface area contributed by atoms with Gasteiger partial charge in [0, 0.05) is 17.7 Å². The zero-order valence-corrected chi connectivity index (χ0v) is 25.7. The molecule has 0 amide bonds. The van der Waals surface area contributed by atoms with Crippen LogP contribution in [-0.4, -0.2) is 41.4 Å². The highest BCUT2D eigenvalue weighted by Crippen LogP contribution is 2.52. The van der Waals surface area contributed by atoms with Crippen molar-refractivity contribution < 1.29 is 41.9 Å². The number of cyclic esters (lactones) is 1. The number of carbonyl (C=O) groups is 2. The zero-order valence-electron chi connectivity index (χ0n) is 25.0. The highest BCUT2D eigenvalue weighted by Gasteiger charge is 2.53. The molecule has 3 aromatic rings. The topological polar surface area (TPSA) is 93.2 Å². The van der Waals surface area contributed by atoms with E-state index in [1.165, 1.54) is 12.1 Å². The monoisotopic (exact) mass is 625 g/mol. The van der Waals surface area contributed by atoms with E-state index in [0.717, 1.165) is 16.6 Å². The van der Waals surface area contributed by atoms with Crippen molar-refractivity contribution >= 4 is 35.9 Å². The van der Waals surface area contributed by atoms with Crippen LogP contribution in [0.15, 0.2) is 48.5 Å². The summed E-state index contributed by atoms with van der Waals surface area (Å²) in [7, 11) is -0.441. The number of carbonyl (C=O) groups excluding carboxylic acids is 2. The minimum Gasteiger partial charge on any atom is -0.457 e. The summed E-state index contributed by atoms with van der Waals surface area (Å²) in [6, 6.07) is 13.8. The summed E-state index contributed by atoms with van der Waals surface area (Å²) in [5.74, 6) is -0.346. The lowest BCUT2D eigenvalue weighted by Gasteiger charge is -2.32. The summed E-state index contributed by atoms with van der Waals surface area (Å²) in [5, 5.41) is 0.375. The summed E-state index contributed by atoms with van der Waals surface area (Å²) in [4.78, 5) is 28.6. The van der Waals surface area contributed by atoms with Crippen molar-refractivity contribution in [2.45, 2.75) is 83.4 Å². The van der Waals surface area contributed by atoms with Crippen LogP contribution in [-0.2, 0) is 37.3 Å². The highest BCUT2D eigenvalue weighted by molar-refractivity contribution is 6.62. The number of hydrogen-bond donors (Lipinski definition) is 0. The number of hydrogen-bond acceptors (Lipinski definition) is 8. The number of rotatable bonds is 5. The third-order valence-corrected chi connectivity index (χ3v) is 9.29. The van der Waals surface area contributed by atoms with E-state index in [9.17, 15) is 18.4 Å². The Bertz CT molecular complexity index is 1660. The average molecular weight is 626 g/mol. The van der Waals surface area contributed by atoms with Crippen LogP contribution in [0.4, 0.5) is 8.78 Å². The molecule has 4 heterocycles. The van der Waals surface area contributed by atoms with Gasteiger partial charge in [-0.3, -0.25) is 4.79 Å². The van der Waals surface area contributed by atoms with E-state index >= 15 is 0 Å². The number of benzene rings is 2. The average Bonchev–Trinajstić information content (AvgIpc) is 3.52. The summed E-state index contributed by atoms with van der Waals surface area (Å²) in [6.07, 6.45) is -2.18. The van der Waals surface area contributed by atoms with Gasteiger partial charge in [0.2, 0.25) is 0 Å². The smallest absolute Gasteiger partial charge is 0.457 e. The van der Waals surface area contributed by atoms with E-state index in [4.69, 9.17) is 25.6 Å². The molecule has 0 unspecified atom stereocenters. The first-order valence-electron chi connectivity index (χ1n) is 14.3. The molecule has 0 radical (unpaired) electrons. The molecule has 1 aliphatic carbocycles. The van der Waals surface area contributed by atoms with Crippen LogP contribution in [0.25, 0.3) is 0 Å². The number of nitrogens with zero attached hydrogens (tertiary/aromatic N) is 1. The maximum Gasteiger partial charge on any atom is 0.586 e. The number of ketones is 1. The Morgan fingerprint density at radius 2 is 1.64 bits per heavy atom. The molecule has 1 aromatic heterocycles. The van der Waals surface area contributed by atoms with Gasteiger partial charge in [-0.15, -0.1) is 8.78 Å². The number of fused-ring (bicyclic) bond motifs is 2. The van der Waals surface area contributed by atoms with E-state index in [1.807, 2.05) is 58.9 Å². The number of pyridine rings is 1. The van der Waals surface area contributed by atoms with E-state index in [-0.39, 0.29) is 40.9 Å². The maximum absolute atomic E-state index is 13.2. The van der Waals surface area contributed by atoms with Gasteiger partial charge in [0.15, 0.2) is 11.5 Å². The van der Waals surface area contributed by atoms with Crippen molar-refractivity contribution in [3.8, 4) is 11.5 Å². The second-order valence-electron chi connectivity index (χ2n) is 12.5. The number of halogens is 3. The second-order valence-corrected chi connectivity index (χ2v) is 12.9. The molecule has 44 heavy (non-hydrogen) atoms. The van der Waals surface area contributed by atoms with Gasteiger partial charge >= 0.3 is 19.4 Å². The number of aromatic nitrogens is 1. The number of aryl methyl sites for hydroxylation is 1. The Morgan fingerprint density at radius 1 is 0.955 bits per heavy atom. The number of alkyl halides is 2. The van der Waals surface area contributed by atoms with E-state index < -0.39 is 18.8 Å². The summed E-state index contributed by atoms with van der Waals surface area (Å²) in [6.45, 7) is 10.2. The van der Waals surface area contributed by atoms with Gasteiger partial charge in [0.05, 0.1) is 22.2 Å². The van der Waals surface area contributed by atoms with Crippen LogP contribution in [0.5, 0.6) is 11.5 Å². The SMILES string of the molecule is CC1(C)OB(c2ccc3c(c2)C(=O)OC3)OC1(C)C.Cc1ccc(CC(=O)C2(c3ccc4c(c3)OC(F)(F)O4)CC2)nc1Cl. The largest absolute Gasteiger partial charge is 0.586 e. The predicted molar refractivity (Wildman–Crippen MR) is 158 cm³/mol. The Morgan fingerprint density at radius 3 is 2.30 bits per heavy atom. The van der Waals surface area contributed by atoms with E-state index in [1.54, 1.807) is 12.1 Å². The van der Waals surface area contributed by atoms with Crippen molar-refractivity contribution in [1.82, 2.24) is 4.98 Å². The number of esters is 1. The molecule has 230 valence electrons. The first kappa shape index (κ1) is 30.5. The molecule has 12 heteroatoms. The van der Waals surface area contributed by atoms with Gasteiger partial charge in [0.25, 0.3) is 0 Å². The Balaban J connectivity index is 0.000000162. The zero-order chi connectivity index (χ0) is 31.7. The molecule has 1 saturated heterocycles. The lowest BCUT2D eigenvalue weighted by Crippen LogP contribution is -2.41. The molecular formula is C32H31BClF2NO7. The van der Waals surface area contributed by atoms with Crippen molar-refractivity contribution in [1.29, 1.82) is 0 Å². The summed E-state index contributed by atoms with van der Waals surface area (Å²) in [5.41, 5.74) is 3.07. The fraction of sp³-hybridized carbons (Fsp3) is 0.406. The first-order valence-corrected chi connectivity index (χ1v) is 14.7. The van der Waals surface area contributed by atoms with E-state index in [0.29, 0.717) is 41.4 Å². The van der Waals surface area contributed by atoms with Crippen molar-refractivity contribution in [3.05, 3.63) is 81.6 Å². The second kappa shape index (κ2) is 10.5. The van der Waals surface area contributed by atoms with Crippen LogP contribution < -0.4 is 14.9 Å². The minimum atomic E-state index is -3.66. The third kappa shape index (κ3) is 5.57. The van der Waals surface area contributed by atoms with Gasteiger partial charge in [-0.2, -0.15) is 0 Å². The normalized spacial score (nSPS) is 20.8. The molecule has 8 nitrogen and oxygen atoms in total. The van der Waals surface area contributed by atoms with Crippen molar-refractivity contribution in [2.75, 3.05) is 0 Å². The lowest BCUT2D eigenvalue weighted by molar-refractivity contribution is -0.286. The summed E-state index contributed by atoms with van der Waals surface area (Å²) < 4.78 is 52.2. The van der Waals surface area contributed by atoms with Crippen LogP contribution >= 0.6 is 11.6 Å².